The molecule has 3 aromatic rings. The molecule has 0 atom stereocenters. The van der Waals surface area contributed by atoms with Gasteiger partial charge in [-0.2, -0.15) is 9.36 Å². The molecule has 1 N–H and O–H groups in total. The number of aryl methyl sites for hydroxylation is 1. The molecule has 1 aliphatic carbocycles. The van der Waals surface area contributed by atoms with Gasteiger partial charge in [0.2, 0.25) is 0 Å². The molecule has 1 heterocycles. The third kappa shape index (κ3) is 4.26. The monoisotopic (exact) mass is 365 g/mol. The summed E-state index contributed by atoms with van der Waals surface area (Å²) >= 11 is 1.23. The summed E-state index contributed by atoms with van der Waals surface area (Å²) in [6.07, 6.45) is 2.84. The van der Waals surface area contributed by atoms with Gasteiger partial charge in [-0.1, -0.05) is 29.8 Å². The van der Waals surface area contributed by atoms with Crippen LogP contribution in [0.15, 0.2) is 48.5 Å². The van der Waals surface area contributed by atoms with Crippen molar-refractivity contribution >= 4 is 17.4 Å². The van der Waals surface area contributed by atoms with Crippen molar-refractivity contribution < 1.29 is 9.53 Å². The molecule has 0 aliphatic heterocycles. The van der Waals surface area contributed by atoms with Crippen molar-refractivity contribution in [2.24, 2.45) is 0 Å². The standard InChI is InChI=1S/C20H19N3O2S/c1-13-2-4-14(5-3-13)12-18-22-20(26-23-18)25-17-10-6-15(7-11-17)19(24)21-16-8-9-16/h2-7,10-11,16H,8-9,12H2,1H3,(H,21,24). The molecule has 0 unspecified atom stereocenters. The Morgan fingerprint density at radius 1 is 1.15 bits per heavy atom. The number of nitrogens with zero attached hydrogens (tertiary/aromatic N) is 2. The third-order valence-electron chi connectivity index (χ3n) is 4.17. The summed E-state index contributed by atoms with van der Waals surface area (Å²) in [5.74, 6) is 1.36. The van der Waals surface area contributed by atoms with E-state index in [9.17, 15) is 4.79 Å². The van der Waals surface area contributed by atoms with Crippen LogP contribution in [0, 0.1) is 6.92 Å². The highest BCUT2D eigenvalue weighted by molar-refractivity contribution is 7.07. The Morgan fingerprint density at radius 3 is 2.58 bits per heavy atom. The van der Waals surface area contributed by atoms with Crippen molar-refractivity contribution in [2.45, 2.75) is 32.2 Å². The molecule has 1 fully saturated rings. The third-order valence-corrected chi connectivity index (χ3v) is 4.80. The molecule has 132 valence electrons. The summed E-state index contributed by atoms with van der Waals surface area (Å²) in [6.45, 7) is 2.07. The van der Waals surface area contributed by atoms with E-state index in [1.165, 1.54) is 22.7 Å². The highest BCUT2D eigenvalue weighted by atomic mass is 32.1. The number of hydrogen-bond donors (Lipinski definition) is 1. The summed E-state index contributed by atoms with van der Waals surface area (Å²) in [4.78, 5) is 16.4. The fourth-order valence-electron chi connectivity index (χ4n) is 2.51. The van der Waals surface area contributed by atoms with Gasteiger partial charge in [0.05, 0.1) is 0 Å². The Hall–Kier alpha value is -2.73. The number of carbonyl (C=O) groups is 1. The molecule has 1 aromatic heterocycles. The minimum atomic E-state index is -0.0321. The van der Waals surface area contributed by atoms with E-state index in [0.29, 0.717) is 29.0 Å². The first-order valence-corrected chi connectivity index (χ1v) is 9.40. The second-order valence-electron chi connectivity index (χ2n) is 6.51. The number of benzene rings is 2. The Kier molecular flexibility index (Phi) is 4.67. The lowest BCUT2D eigenvalue weighted by atomic mass is 10.1. The lowest BCUT2D eigenvalue weighted by Crippen LogP contribution is -2.25. The second kappa shape index (κ2) is 7.25. The van der Waals surface area contributed by atoms with Crippen molar-refractivity contribution in [3.05, 3.63) is 71.0 Å². The normalized spacial score (nSPS) is 13.4. The first kappa shape index (κ1) is 16.7. The van der Waals surface area contributed by atoms with E-state index >= 15 is 0 Å². The van der Waals surface area contributed by atoms with Crippen LogP contribution in [0.2, 0.25) is 0 Å². The summed E-state index contributed by atoms with van der Waals surface area (Å²) < 4.78 is 10.1. The highest BCUT2D eigenvalue weighted by Crippen LogP contribution is 2.25. The molecule has 1 amide bonds. The number of nitrogens with one attached hydrogen (secondary N) is 1. The first-order chi connectivity index (χ1) is 12.7. The van der Waals surface area contributed by atoms with Crippen LogP contribution in [0.5, 0.6) is 10.9 Å². The molecule has 1 aliphatic rings. The fourth-order valence-corrected chi connectivity index (χ4v) is 3.08. The van der Waals surface area contributed by atoms with Gasteiger partial charge in [-0.15, -0.1) is 0 Å². The zero-order valence-electron chi connectivity index (χ0n) is 14.4. The maximum Gasteiger partial charge on any atom is 0.298 e. The minimum Gasteiger partial charge on any atom is -0.430 e. The van der Waals surface area contributed by atoms with E-state index in [1.54, 1.807) is 24.3 Å². The average Bonchev–Trinajstić information content (AvgIpc) is 3.35. The Labute approximate surface area is 156 Å². The molecular formula is C20H19N3O2S. The van der Waals surface area contributed by atoms with Gasteiger partial charge in [-0.25, -0.2) is 0 Å². The minimum absolute atomic E-state index is 0.0321. The van der Waals surface area contributed by atoms with Crippen LogP contribution in [-0.2, 0) is 6.42 Å². The maximum atomic E-state index is 12.0. The number of carbonyl (C=O) groups excluding carboxylic acids is 1. The lowest BCUT2D eigenvalue weighted by Gasteiger charge is -2.05. The summed E-state index contributed by atoms with van der Waals surface area (Å²) in [5.41, 5.74) is 3.05. The van der Waals surface area contributed by atoms with E-state index in [1.807, 2.05) is 0 Å². The van der Waals surface area contributed by atoms with Crippen molar-refractivity contribution in [3.63, 3.8) is 0 Å². The Bertz CT molecular complexity index is 900. The molecule has 0 bridgehead atoms. The van der Waals surface area contributed by atoms with Crippen LogP contribution >= 0.6 is 11.5 Å². The topological polar surface area (TPSA) is 64.1 Å². The maximum absolute atomic E-state index is 12.0. The van der Waals surface area contributed by atoms with Crippen molar-refractivity contribution in [1.29, 1.82) is 0 Å². The van der Waals surface area contributed by atoms with Gasteiger partial charge in [-0.3, -0.25) is 4.79 Å². The lowest BCUT2D eigenvalue weighted by molar-refractivity contribution is 0.0951. The molecule has 0 saturated heterocycles. The smallest absolute Gasteiger partial charge is 0.298 e. The first-order valence-electron chi connectivity index (χ1n) is 8.62. The molecule has 0 radical (unpaired) electrons. The van der Waals surface area contributed by atoms with Gasteiger partial charge < -0.3 is 10.1 Å². The molecule has 26 heavy (non-hydrogen) atoms. The number of amides is 1. The molecule has 1 saturated carbocycles. The van der Waals surface area contributed by atoms with E-state index < -0.39 is 0 Å². The molecule has 6 heteroatoms. The van der Waals surface area contributed by atoms with Gasteiger partial charge in [0.15, 0.2) is 5.82 Å². The van der Waals surface area contributed by atoms with Crippen LogP contribution in [0.3, 0.4) is 0 Å². The van der Waals surface area contributed by atoms with Crippen molar-refractivity contribution in [3.8, 4) is 10.9 Å². The summed E-state index contributed by atoms with van der Waals surface area (Å²) in [5, 5.41) is 3.47. The van der Waals surface area contributed by atoms with E-state index in [0.717, 1.165) is 18.7 Å². The molecular weight excluding hydrogens is 346 g/mol. The van der Waals surface area contributed by atoms with Gasteiger partial charge in [0.25, 0.3) is 11.1 Å². The zero-order valence-corrected chi connectivity index (χ0v) is 15.3. The molecule has 0 spiro atoms. The number of hydrogen-bond acceptors (Lipinski definition) is 5. The van der Waals surface area contributed by atoms with E-state index in [2.05, 4.69) is 45.9 Å². The van der Waals surface area contributed by atoms with Crippen LogP contribution in [0.4, 0.5) is 0 Å². The van der Waals surface area contributed by atoms with Crippen LogP contribution in [0.25, 0.3) is 0 Å². The molecule has 2 aromatic carbocycles. The summed E-state index contributed by atoms with van der Waals surface area (Å²) in [7, 11) is 0. The summed E-state index contributed by atoms with van der Waals surface area (Å²) in [6, 6.07) is 15.8. The molecule has 5 nitrogen and oxygen atoms in total. The van der Waals surface area contributed by atoms with E-state index in [4.69, 9.17) is 4.74 Å². The highest BCUT2D eigenvalue weighted by Gasteiger charge is 2.23. The Morgan fingerprint density at radius 2 is 1.88 bits per heavy atom. The van der Waals surface area contributed by atoms with Gasteiger partial charge in [-0.05, 0) is 49.6 Å². The predicted molar refractivity (Wildman–Crippen MR) is 101 cm³/mol. The van der Waals surface area contributed by atoms with Crippen LogP contribution in [0.1, 0.15) is 40.2 Å². The average molecular weight is 365 g/mol. The van der Waals surface area contributed by atoms with Crippen LogP contribution in [-0.4, -0.2) is 21.3 Å². The second-order valence-corrected chi connectivity index (χ2v) is 7.23. The number of ether oxygens (including phenoxy) is 1. The number of rotatable bonds is 6. The van der Waals surface area contributed by atoms with Gasteiger partial charge in [0, 0.05) is 29.6 Å². The number of aromatic nitrogens is 2. The fraction of sp³-hybridized carbons (Fsp3) is 0.250. The van der Waals surface area contributed by atoms with Crippen molar-refractivity contribution in [2.75, 3.05) is 0 Å². The predicted octanol–water partition coefficient (Wildman–Crippen LogP) is 4.12. The molecule has 4 rings (SSSR count). The quantitative estimate of drug-likeness (QED) is 0.714. The van der Waals surface area contributed by atoms with Gasteiger partial charge >= 0.3 is 0 Å². The van der Waals surface area contributed by atoms with Crippen molar-refractivity contribution in [1.82, 2.24) is 14.7 Å². The Balaban J connectivity index is 1.37. The largest absolute Gasteiger partial charge is 0.430 e. The van der Waals surface area contributed by atoms with E-state index in [-0.39, 0.29) is 5.91 Å². The zero-order chi connectivity index (χ0) is 17.9. The van der Waals surface area contributed by atoms with Gasteiger partial charge in [0.1, 0.15) is 5.75 Å². The SMILES string of the molecule is Cc1ccc(Cc2nsc(Oc3ccc(C(=O)NC4CC4)cc3)n2)cc1. The van der Waals surface area contributed by atoms with Crippen LogP contribution < -0.4 is 10.1 Å².